The minimum Gasteiger partial charge on any atom is -0.475 e. The first-order valence-corrected chi connectivity index (χ1v) is 18.6. The molecule has 4 heterocycles. The first-order valence-electron chi connectivity index (χ1n) is 17.1. The second-order valence-corrected chi connectivity index (χ2v) is 16.2. The fourth-order valence-corrected chi connectivity index (χ4v) is 7.49. The number of fused-ring (bicyclic) bond motifs is 4. The summed E-state index contributed by atoms with van der Waals surface area (Å²) in [7, 11) is -4.18. The van der Waals surface area contributed by atoms with Gasteiger partial charge in [-0.25, -0.2) is 18.1 Å². The molecule has 2 aliphatic rings. The van der Waals surface area contributed by atoms with Crippen molar-refractivity contribution in [3.05, 3.63) is 89.2 Å². The lowest BCUT2D eigenvalue weighted by atomic mass is 9.87. The monoisotopic (exact) mass is 698 g/mol. The van der Waals surface area contributed by atoms with Crippen LogP contribution in [0.3, 0.4) is 0 Å². The molecular weight excluding hydrogens is 653 g/mol. The molecule has 0 unspecified atom stereocenters. The fourth-order valence-electron chi connectivity index (χ4n) is 6.50. The fraction of sp³-hybridized carbons (Fsp3) is 0.421. The molecular formula is C38H46N6O5S. The third-order valence-electron chi connectivity index (χ3n) is 9.04. The predicted molar refractivity (Wildman–Crippen MR) is 194 cm³/mol. The quantitative estimate of drug-likeness (QED) is 0.242. The van der Waals surface area contributed by atoms with Gasteiger partial charge in [-0.1, -0.05) is 65.0 Å². The van der Waals surface area contributed by atoms with E-state index in [4.69, 9.17) is 19.4 Å². The maximum Gasteiger partial charge on any atom is 0.264 e. The highest BCUT2D eigenvalue weighted by atomic mass is 32.2. The normalized spacial score (nSPS) is 18.1. The van der Waals surface area contributed by atoms with Gasteiger partial charge in [0.05, 0.1) is 54.0 Å². The minimum atomic E-state index is -4.18. The van der Waals surface area contributed by atoms with Crippen LogP contribution in [0, 0.1) is 12.3 Å². The van der Waals surface area contributed by atoms with Crippen LogP contribution in [0.25, 0.3) is 11.3 Å². The molecule has 2 aromatic heterocycles. The summed E-state index contributed by atoms with van der Waals surface area (Å²) in [6.45, 7) is 15.7. The summed E-state index contributed by atoms with van der Waals surface area (Å²) in [6, 6.07) is 17.6. The maximum atomic E-state index is 14.5. The molecule has 1 atom stereocenters. The van der Waals surface area contributed by atoms with Crippen LogP contribution in [0.2, 0.25) is 0 Å². The summed E-state index contributed by atoms with van der Waals surface area (Å²) in [5.74, 6) is 0.00825. The molecule has 2 aromatic carbocycles. The molecule has 1 fully saturated rings. The van der Waals surface area contributed by atoms with Gasteiger partial charge in [-0.3, -0.25) is 9.78 Å². The van der Waals surface area contributed by atoms with Crippen molar-refractivity contribution in [2.24, 2.45) is 5.41 Å². The van der Waals surface area contributed by atoms with Crippen molar-refractivity contribution in [2.45, 2.75) is 71.4 Å². The second kappa shape index (κ2) is 14.4. The number of amides is 1. The van der Waals surface area contributed by atoms with Crippen molar-refractivity contribution >= 4 is 27.6 Å². The number of carbonyl (C=O) groups excluding carboxylic acids is 1. The number of pyridine rings is 1. The summed E-state index contributed by atoms with van der Waals surface area (Å²) in [6.07, 6.45) is 2.43. The molecule has 1 N–H and O–H groups in total. The van der Waals surface area contributed by atoms with Gasteiger partial charge in [-0.05, 0) is 60.6 Å². The molecule has 0 saturated carbocycles. The predicted octanol–water partition coefficient (Wildman–Crippen LogP) is 6.45. The number of benzene rings is 2. The van der Waals surface area contributed by atoms with Gasteiger partial charge in [0.15, 0.2) is 0 Å². The van der Waals surface area contributed by atoms with E-state index in [0.29, 0.717) is 36.6 Å². The molecule has 4 bridgehead atoms. The van der Waals surface area contributed by atoms with E-state index in [2.05, 4.69) is 49.2 Å². The number of sulfonamides is 1. The molecule has 12 heteroatoms. The van der Waals surface area contributed by atoms with E-state index in [1.165, 1.54) is 12.1 Å². The molecule has 2 aliphatic heterocycles. The van der Waals surface area contributed by atoms with Crippen molar-refractivity contribution < 1.29 is 22.7 Å². The standard InChI is InChI=1S/C38H46N6O5S/c1-25(2)32-12-7-8-13-33(32)34-26(3)35-41-37(40-34)42-50(46,47)31-11-9-10-27(20-31)36(45)44(30(24-49-35)21-38(4,5)6)23-28-14-15-29(22-39-28)43-16-18-48-19-17-43/h7-15,20,22,25,30H,16-19,21,23-24H2,1-6H3,(H,40,41,42)/t30-/m1/s1. The number of aromatic nitrogens is 3. The highest BCUT2D eigenvalue weighted by molar-refractivity contribution is 7.92. The van der Waals surface area contributed by atoms with Crippen LogP contribution in [0.1, 0.15) is 74.1 Å². The number of carbonyl (C=O) groups is 1. The molecule has 264 valence electrons. The van der Waals surface area contributed by atoms with E-state index in [1.807, 2.05) is 49.5 Å². The summed E-state index contributed by atoms with van der Waals surface area (Å²) < 4.78 is 42.2. The Morgan fingerprint density at radius 3 is 2.46 bits per heavy atom. The number of morpholine rings is 1. The molecule has 4 aromatic rings. The molecule has 1 amide bonds. The van der Waals surface area contributed by atoms with Gasteiger partial charge in [0, 0.05) is 29.8 Å². The first-order chi connectivity index (χ1) is 23.8. The van der Waals surface area contributed by atoms with E-state index in [1.54, 1.807) is 17.0 Å². The SMILES string of the molecule is Cc1c2nc(nc1-c1ccccc1C(C)C)NS(=O)(=O)c1cccc(c1)C(=O)N(Cc1ccc(N3CCOCC3)cn1)[C@H](CC(C)(C)C)CO2. The largest absolute Gasteiger partial charge is 0.475 e. The van der Waals surface area contributed by atoms with Crippen molar-refractivity contribution in [3.63, 3.8) is 0 Å². The number of hydrogen-bond acceptors (Lipinski definition) is 9. The summed E-state index contributed by atoms with van der Waals surface area (Å²) >= 11 is 0. The van der Waals surface area contributed by atoms with Gasteiger partial charge in [0.2, 0.25) is 11.8 Å². The molecule has 0 spiro atoms. The van der Waals surface area contributed by atoms with E-state index in [-0.39, 0.29) is 52.7 Å². The van der Waals surface area contributed by atoms with E-state index < -0.39 is 16.1 Å². The number of nitrogens with one attached hydrogen (secondary N) is 1. The van der Waals surface area contributed by atoms with Crippen LogP contribution in [0.15, 0.2) is 71.8 Å². The topological polar surface area (TPSA) is 127 Å². The molecule has 50 heavy (non-hydrogen) atoms. The molecule has 11 nitrogen and oxygen atoms in total. The third-order valence-corrected chi connectivity index (χ3v) is 10.4. The van der Waals surface area contributed by atoms with Gasteiger partial charge >= 0.3 is 0 Å². The van der Waals surface area contributed by atoms with Crippen LogP contribution in [0.4, 0.5) is 11.6 Å². The van der Waals surface area contributed by atoms with E-state index in [0.717, 1.165) is 29.9 Å². The Bertz CT molecular complexity index is 1950. The van der Waals surface area contributed by atoms with Crippen molar-refractivity contribution in [2.75, 3.05) is 42.5 Å². The Balaban J connectivity index is 1.46. The Hall–Kier alpha value is -4.55. The number of ether oxygens (including phenoxy) is 2. The second-order valence-electron chi connectivity index (χ2n) is 14.5. The smallest absolute Gasteiger partial charge is 0.264 e. The Morgan fingerprint density at radius 2 is 1.76 bits per heavy atom. The zero-order chi connectivity index (χ0) is 35.6. The van der Waals surface area contributed by atoms with Crippen LogP contribution in [-0.4, -0.2) is 73.1 Å². The molecule has 0 radical (unpaired) electrons. The lowest BCUT2D eigenvalue weighted by Crippen LogP contribution is -2.45. The zero-order valence-electron chi connectivity index (χ0n) is 29.6. The number of nitrogens with zero attached hydrogens (tertiary/aromatic N) is 5. The summed E-state index contributed by atoms with van der Waals surface area (Å²) in [4.78, 5) is 32.5. The van der Waals surface area contributed by atoms with E-state index >= 15 is 0 Å². The van der Waals surface area contributed by atoms with Crippen LogP contribution >= 0.6 is 0 Å². The highest BCUT2D eigenvalue weighted by Gasteiger charge is 2.32. The third kappa shape index (κ3) is 7.92. The maximum absolute atomic E-state index is 14.5. The number of rotatable bonds is 6. The first kappa shape index (κ1) is 35.3. The molecule has 0 aliphatic carbocycles. The van der Waals surface area contributed by atoms with Crippen molar-refractivity contribution in [1.29, 1.82) is 0 Å². The van der Waals surface area contributed by atoms with Gasteiger partial charge in [0.1, 0.15) is 6.61 Å². The lowest BCUT2D eigenvalue weighted by molar-refractivity contribution is 0.0508. The van der Waals surface area contributed by atoms with Crippen LogP contribution < -0.4 is 14.4 Å². The van der Waals surface area contributed by atoms with Crippen molar-refractivity contribution in [3.8, 4) is 17.1 Å². The lowest BCUT2D eigenvalue weighted by Gasteiger charge is -2.36. The van der Waals surface area contributed by atoms with Crippen LogP contribution in [0.5, 0.6) is 5.88 Å². The average molecular weight is 699 g/mol. The molecule has 6 rings (SSSR count). The van der Waals surface area contributed by atoms with Crippen molar-refractivity contribution in [1.82, 2.24) is 19.9 Å². The van der Waals surface area contributed by atoms with Gasteiger partial charge < -0.3 is 19.3 Å². The Morgan fingerprint density at radius 1 is 1.00 bits per heavy atom. The Kier molecular flexibility index (Phi) is 10.1. The Labute approximate surface area is 295 Å². The van der Waals surface area contributed by atoms with E-state index in [9.17, 15) is 13.2 Å². The van der Waals surface area contributed by atoms with Gasteiger partial charge in [-0.2, -0.15) is 4.98 Å². The van der Waals surface area contributed by atoms with Crippen LogP contribution in [-0.2, 0) is 21.3 Å². The average Bonchev–Trinajstić information content (AvgIpc) is 3.09. The summed E-state index contributed by atoms with van der Waals surface area (Å²) in [5, 5.41) is 0. The summed E-state index contributed by atoms with van der Waals surface area (Å²) in [5.41, 5.74) is 4.94. The minimum absolute atomic E-state index is 0.0707. The number of anilines is 2. The number of hydrogen-bond donors (Lipinski definition) is 1. The zero-order valence-corrected chi connectivity index (χ0v) is 30.5. The highest BCUT2D eigenvalue weighted by Crippen LogP contribution is 2.35. The van der Waals surface area contributed by atoms with Gasteiger partial charge in [-0.15, -0.1) is 0 Å². The van der Waals surface area contributed by atoms with Gasteiger partial charge in [0.25, 0.3) is 15.9 Å². The molecule has 1 saturated heterocycles.